The molecule has 2 rings (SSSR count). The van der Waals surface area contributed by atoms with Gasteiger partial charge in [-0.3, -0.25) is 4.98 Å². The molecule has 0 N–H and O–H groups in total. The molecule has 0 saturated heterocycles. The van der Waals surface area contributed by atoms with Gasteiger partial charge in [0.25, 0.3) is 0 Å². The molecule has 0 bridgehead atoms. The molecule has 0 aliphatic rings. The van der Waals surface area contributed by atoms with Crippen LogP contribution in [0.2, 0.25) is 0 Å². The van der Waals surface area contributed by atoms with E-state index in [1.807, 2.05) is 12.3 Å². The molecule has 0 saturated carbocycles. The highest BCUT2D eigenvalue weighted by molar-refractivity contribution is 6.21. The van der Waals surface area contributed by atoms with Crippen LogP contribution in [0.3, 0.4) is 0 Å². The van der Waals surface area contributed by atoms with Crippen molar-refractivity contribution in [3.63, 3.8) is 0 Å². The molecule has 0 radical (unpaired) electrons. The van der Waals surface area contributed by atoms with Gasteiger partial charge in [-0.2, -0.15) is 0 Å². The number of hydrogen-bond donors (Lipinski definition) is 0. The maximum absolute atomic E-state index is 6.58. The Kier molecular flexibility index (Phi) is 4.03. The van der Waals surface area contributed by atoms with Gasteiger partial charge in [-0.1, -0.05) is 24.3 Å². The summed E-state index contributed by atoms with van der Waals surface area (Å²) >= 11 is 6.58. The first-order chi connectivity index (χ1) is 8.59. The lowest BCUT2D eigenvalue weighted by atomic mass is 9.96. The van der Waals surface area contributed by atoms with Crippen LogP contribution in [-0.2, 0) is 6.42 Å². The molecule has 1 atom stereocenters. The summed E-state index contributed by atoms with van der Waals surface area (Å²) in [5.41, 5.74) is 6.03. The van der Waals surface area contributed by atoms with Crippen LogP contribution >= 0.6 is 11.6 Å². The third-order valence-corrected chi connectivity index (χ3v) is 3.72. The SMILES string of the molecule is Cc1cccnc1CC(Cl)c1c(C)cccc1C. The molecule has 0 fully saturated rings. The maximum Gasteiger partial charge on any atom is 0.0645 e. The highest BCUT2D eigenvalue weighted by atomic mass is 35.5. The van der Waals surface area contributed by atoms with E-state index in [-0.39, 0.29) is 5.38 Å². The Morgan fingerprint density at radius 3 is 2.22 bits per heavy atom. The Balaban J connectivity index is 2.28. The molecule has 1 aromatic carbocycles. The zero-order valence-electron chi connectivity index (χ0n) is 11.1. The third-order valence-electron chi connectivity index (χ3n) is 3.35. The molecule has 94 valence electrons. The summed E-state index contributed by atoms with van der Waals surface area (Å²) in [5.74, 6) is 0. The zero-order valence-corrected chi connectivity index (χ0v) is 11.8. The van der Waals surface area contributed by atoms with Crippen molar-refractivity contribution in [3.05, 3.63) is 64.5 Å². The van der Waals surface area contributed by atoms with E-state index in [4.69, 9.17) is 11.6 Å². The smallest absolute Gasteiger partial charge is 0.0645 e. The fraction of sp³-hybridized carbons (Fsp3) is 0.312. The number of pyridine rings is 1. The van der Waals surface area contributed by atoms with Gasteiger partial charge in [0.15, 0.2) is 0 Å². The highest BCUT2D eigenvalue weighted by Gasteiger charge is 2.15. The van der Waals surface area contributed by atoms with Gasteiger partial charge in [-0.25, -0.2) is 0 Å². The summed E-state index contributed by atoms with van der Waals surface area (Å²) in [5, 5.41) is -0.0141. The number of halogens is 1. The molecule has 1 nitrogen and oxygen atoms in total. The van der Waals surface area contributed by atoms with E-state index >= 15 is 0 Å². The van der Waals surface area contributed by atoms with Crippen LogP contribution in [0.1, 0.15) is 33.3 Å². The highest BCUT2D eigenvalue weighted by Crippen LogP contribution is 2.30. The van der Waals surface area contributed by atoms with Crippen LogP contribution in [0, 0.1) is 20.8 Å². The van der Waals surface area contributed by atoms with Gasteiger partial charge in [0.2, 0.25) is 0 Å². The lowest BCUT2D eigenvalue weighted by Crippen LogP contribution is -2.04. The van der Waals surface area contributed by atoms with Crippen molar-refractivity contribution in [1.82, 2.24) is 4.98 Å². The van der Waals surface area contributed by atoms with Crippen LogP contribution in [0.5, 0.6) is 0 Å². The first-order valence-corrected chi connectivity index (χ1v) is 6.64. The summed E-state index contributed by atoms with van der Waals surface area (Å²) in [6.07, 6.45) is 2.61. The topological polar surface area (TPSA) is 12.9 Å². The van der Waals surface area contributed by atoms with Crippen LogP contribution in [-0.4, -0.2) is 4.98 Å². The van der Waals surface area contributed by atoms with Crippen molar-refractivity contribution in [3.8, 4) is 0 Å². The molecule has 1 unspecified atom stereocenters. The Labute approximate surface area is 114 Å². The maximum atomic E-state index is 6.58. The van der Waals surface area contributed by atoms with Gasteiger partial charge < -0.3 is 0 Å². The molecule has 0 amide bonds. The molecule has 2 aromatic rings. The van der Waals surface area contributed by atoms with Crippen molar-refractivity contribution in [1.29, 1.82) is 0 Å². The Morgan fingerprint density at radius 1 is 1.00 bits per heavy atom. The Hall–Kier alpha value is -1.34. The number of hydrogen-bond acceptors (Lipinski definition) is 1. The second kappa shape index (κ2) is 5.53. The zero-order chi connectivity index (χ0) is 13.1. The second-order valence-electron chi connectivity index (χ2n) is 4.74. The summed E-state index contributed by atoms with van der Waals surface area (Å²) in [6.45, 7) is 6.31. The van der Waals surface area contributed by atoms with Gasteiger partial charge in [-0.05, 0) is 49.1 Å². The predicted molar refractivity (Wildman–Crippen MR) is 77.2 cm³/mol. The number of benzene rings is 1. The average Bonchev–Trinajstić information content (AvgIpc) is 2.32. The van der Waals surface area contributed by atoms with Crippen LogP contribution in [0.25, 0.3) is 0 Å². The molecule has 0 aliphatic carbocycles. The van der Waals surface area contributed by atoms with Crippen LogP contribution in [0.15, 0.2) is 36.5 Å². The van der Waals surface area contributed by atoms with Gasteiger partial charge in [0.1, 0.15) is 0 Å². The minimum Gasteiger partial charge on any atom is -0.261 e. The van der Waals surface area contributed by atoms with Crippen molar-refractivity contribution >= 4 is 11.6 Å². The molecule has 18 heavy (non-hydrogen) atoms. The van der Waals surface area contributed by atoms with Crippen molar-refractivity contribution in [2.45, 2.75) is 32.6 Å². The third kappa shape index (κ3) is 2.73. The second-order valence-corrected chi connectivity index (χ2v) is 5.27. The number of aromatic nitrogens is 1. The molecular formula is C16H18ClN. The quantitative estimate of drug-likeness (QED) is 0.738. The van der Waals surface area contributed by atoms with E-state index in [9.17, 15) is 0 Å². The molecule has 2 heteroatoms. The largest absolute Gasteiger partial charge is 0.261 e. The number of alkyl halides is 1. The van der Waals surface area contributed by atoms with Gasteiger partial charge >= 0.3 is 0 Å². The first kappa shape index (κ1) is 13.1. The summed E-state index contributed by atoms with van der Waals surface area (Å²) in [4.78, 5) is 4.42. The van der Waals surface area contributed by atoms with Crippen molar-refractivity contribution in [2.75, 3.05) is 0 Å². The first-order valence-electron chi connectivity index (χ1n) is 6.20. The van der Waals surface area contributed by atoms with Crippen molar-refractivity contribution < 1.29 is 0 Å². The molecule has 1 heterocycles. The molecular weight excluding hydrogens is 242 g/mol. The Morgan fingerprint density at radius 2 is 1.61 bits per heavy atom. The van der Waals surface area contributed by atoms with Gasteiger partial charge in [-0.15, -0.1) is 11.6 Å². The van der Waals surface area contributed by atoms with Gasteiger partial charge in [0, 0.05) is 18.3 Å². The lowest BCUT2D eigenvalue weighted by molar-refractivity contribution is 0.856. The summed E-state index contributed by atoms with van der Waals surface area (Å²) in [6, 6.07) is 10.3. The predicted octanol–water partition coefficient (Wildman–Crippen LogP) is 4.53. The fourth-order valence-electron chi connectivity index (χ4n) is 2.33. The van der Waals surface area contributed by atoms with Crippen molar-refractivity contribution in [2.24, 2.45) is 0 Å². The van der Waals surface area contributed by atoms with Gasteiger partial charge in [0.05, 0.1) is 5.38 Å². The molecule has 0 aliphatic heterocycles. The molecule has 1 aromatic heterocycles. The molecule has 0 spiro atoms. The Bertz CT molecular complexity index is 528. The normalized spacial score (nSPS) is 12.4. The fourth-order valence-corrected chi connectivity index (χ4v) is 2.82. The van der Waals surface area contributed by atoms with Crippen LogP contribution < -0.4 is 0 Å². The summed E-state index contributed by atoms with van der Waals surface area (Å²) in [7, 11) is 0. The number of nitrogens with zero attached hydrogens (tertiary/aromatic N) is 1. The van der Waals surface area contributed by atoms with E-state index in [1.54, 1.807) is 0 Å². The van der Waals surface area contributed by atoms with E-state index in [0.717, 1.165) is 12.1 Å². The monoisotopic (exact) mass is 259 g/mol. The van der Waals surface area contributed by atoms with E-state index in [1.165, 1.54) is 22.3 Å². The van der Waals surface area contributed by atoms with E-state index in [2.05, 4.69) is 50.0 Å². The van der Waals surface area contributed by atoms with E-state index < -0.39 is 0 Å². The summed E-state index contributed by atoms with van der Waals surface area (Å²) < 4.78 is 0. The number of rotatable bonds is 3. The minimum absolute atomic E-state index is 0.0141. The minimum atomic E-state index is -0.0141. The standard InChI is InChI=1S/C16H18ClN/c1-11-8-5-9-18-15(11)10-14(17)16-12(2)6-4-7-13(16)3/h4-9,14H,10H2,1-3H3. The average molecular weight is 260 g/mol. The van der Waals surface area contributed by atoms with E-state index in [0.29, 0.717) is 0 Å². The lowest BCUT2D eigenvalue weighted by Gasteiger charge is -2.16. The number of aryl methyl sites for hydroxylation is 3. The van der Waals surface area contributed by atoms with Crippen LogP contribution in [0.4, 0.5) is 0 Å².